The van der Waals surface area contributed by atoms with Gasteiger partial charge in [-0.3, -0.25) is 4.79 Å². The van der Waals surface area contributed by atoms with Crippen LogP contribution in [0.1, 0.15) is 70.9 Å². The molecular formula is C45H51N6O+. The Morgan fingerprint density at radius 3 is 2.23 bits per heavy atom. The van der Waals surface area contributed by atoms with Crippen LogP contribution in [0.25, 0.3) is 32.0 Å². The highest BCUT2D eigenvalue weighted by atomic mass is 16.1. The van der Waals surface area contributed by atoms with E-state index in [2.05, 4.69) is 175 Å². The number of azide groups is 1. The summed E-state index contributed by atoms with van der Waals surface area (Å²) in [5.41, 5.74) is 16.0. The summed E-state index contributed by atoms with van der Waals surface area (Å²) in [6, 6.07) is 26.3. The number of benzene rings is 4. The lowest BCUT2D eigenvalue weighted by atomic mass is 9.79. The first-order chi connectivity index (χ1) is 25.2. The van der Waals surface area contributed by atoms with Gasteiger partial charge in [-0.25, -0.2) is 0 Å². The molecule has 0 fully saturated rings. The molecule has 0 saturated heterocycles. The molecule has 0 saturated carbocycles. The zero-order valence-electron chi connectivity index (χ0n) is 31.3. The van der Waals surface area contributed by atoms with Crippen molar-refractivity contribution in [2.45, 2.75) is 70.6 Å². The summed E-state index contributed by atoms with van der Waals surface area (Å²) in [6.45, 7) is 11.1. The number of unbranched alkanes of at least 4 members (excludes halogenated alkanes) is 2. The number of allylic oxidation sites excluding steroid dienone is 8. The first kappa shape index (κ1) is 36.4. The fraction of sp³-hybridized carbons (Fsp3) is 0.333. The average molecular weight is 692 g/mol. The molecule has 0 radical (unpaired) electrons. The smallest absolute Gasteiger partial charge is 0.219 e. The van der Waals surface area contributed by atoms with Gasteiger partial charge in [0.05, 0.1) is 5.41 Å². The van der Waals surface area contributed by atoms with Gasteiger partial charge in [0.15, 0.2) is 5.71 Å². The molecule has 0 aliphatic carbocycles. The van der Waals surface area contributed by atoms with Gasteiger partial charge in [-0.2, -0.15) is 4.58 Å². The Hall–Kier alpha value is -5.39. The van der Waals surface area contributed by atoms with Gasteiger partial charge in [0.2, 0.25) is 11.6 Å². The van der Waals surface area contributed by atoms with Crippen molar-refractivity contribution < 1.29 is 9.37 Å². The van der Waals surface area contributed by atoms with Crippen LogP contribution in [0.15, 0.2) is 126 Å². The third-order valence-corrected chi connectivity index (χ3v) is 10.7. The van der Waals surface area contributed by atoms with E-state index in [0.717, 1.165) is 25.8 Å². The summed E-state index contributed by atoms with van der Waals surface area (Å²) in [4.78, 5) is 17.5. The number of nitrogens with one attached hydrogen (secondary N) is 1. The van der Waals surface area contributed by atoms with Gasteiger partial charge in [0.1, 0.15) is 7.05 Å². The van der Waals surface area contributed by atoms with Gasteiger partial charge in [-0.1, -0.05) is 110 Å². The highest BCUT2D eigenvalue weighted by Gasteiger charge is 2.44. The normalized spacial score (nSPS) is 16.9. The Bertz CT molecular complexity index is 2180. The molecule has 0 aromatic heterocycles. The van der Waals surface area contributed by atoms with Crippen LogP contribution >= 0.6 is 0 Å². The fourth-order valence-electron chi connectivity index (χ4n) is 8.20. The fourth-order valence-corrected chi connectivity index (χ4v) is 8.20. The lowest BCUT2D eigenvalue weighted by Gasteiger charge is -2.27. The van der Waals surface area contributed by atoms with Crippen LogP contribution in [0.5, 0.6) is 0 Å². The minimum absolute atomic E-state index is 0.0602. The van der Waals surface area contributed by atoms with Crippen LogP contribution in [-0.4, -0.2) is 42.9 Å². The summed E-state index contributed by atoms with van der Waals surface area (Å²) in [5.74, 6) is 0.0602. The molecule has 0 bridgehead atoms. The van der Waals surface area contributed by atoms with E-state index in [0.29, 0.717) is 25.9 Å². The van der Waals surface area contributed by atoms with E-state index in [1.54, 1.807) is 0 Å². The van der Waals surface area contributed by atoms with Crippen molar-refractivity contribution in [3.63, 3.8) is 0 Å². The molecule has 2 aliphatic heterocycles. The molecule has 7 heteroatoms. The van der Waals surface area contributed by atoms with E-state index >= 15 is 0 Å². The van der Waals surface area contributed by atoms with Crippen molar-refractivity contribution in [3.05, 3.63) is 143 Å². The Morgan fingerprint density at radius 2 is 1.48 bits per heavy atom. The largest absolute Gasteiger partial charge is 0.356 e. The maximum absolute atomic E-state index is 12.3. The first-order valence-corrected chi connectivity index (χ1v) is 18.6. The van der Waals surface area contributed by atoms with E-state index in [1.165, 1.54) is 55.5 Å². The van der Waals surface area contributed by atoms with Crippen LogP contribution in [0, 0.1) is 0 Å². The quantitative estimate of drug-likeness (QED) is 0.0356. The zero-order chi connectivity index (χ0) is 36.7. The molecule has 6 rings (SSSR count). The second-order valence-electron chi connectivity index (χ2n) is 14.9. The third kappa shape index (κ3) is 7.33. The van der Waals surface area contributed by atoms with Crippen LogP contribution in [-0.2, 0) is 15.6 Å². The predicted octanol–water partition coefficient (Wildman–Crippen LogP) is 10.7. The van der Waals surface area contributed by atoms with Gasteiger partial charge in [-0.15, -0.1) is 0 Å². The number of hydrogen-bond acceptors (Lipinski definition) is 3. The monoisotopic (exact) mass is 691 g/mol. The van der Waals surface area contributed by atoms with E-state index in [4.69, 9.17) is 5.53 Å². The van der Waals surface area contributed by atoms with Crippen LogP contribution in [0.2, 0.25) is 0 Å². The maximum atomic E-state index is 12.3. The van der Waals surface area contributed by atoms with E-state index < -0.39 is 0 Å². The molecule has 7 nitrogen and oxygen atoms in total. The number of carbonyl (C=O) groups is 1. The van der Waals surface area contributed by atoms with E-state index in [1.807, 2.05) is 0 Å². The van der Waals surface area contributed by atoms with E-state index in [-0.39, 0.29) is 16.7 Å². The molecule has 4 aromatic rings. The second-order valence-corrected chi connectivity index (χ2v) is 14.9. The van der Waals surface area contributed by atoms with Gasteiger partial charge in [0, 0.05) is 65.5 Å². The highest BCUT2D eigenvalue weighted by molar-refractivity contribution is 6.07. The summed E-state index contributed by atoms with van der Waals surface area (Å²) in [7, 11) is 2.17. The third-order valence-electron chi connectivity index (χ3n) is 10.7. The lowest BCUT2D eigenvalue weighted by Crippen LogP contribution is -2.27. The Labute approximate surface area is 308 Å². The van der Waals surface area contributed by atoms with Crippen molar-refractivity contribution in [3.8, 4) is 0 Å². The zero-order valence-corrected chi connectivity index (χ0v) is 31.3. The number of carbonyl (C=O) groups excluding carboxylic acids is 1. The Balaban J connectivity index is 1.14. The molecular weight excluding hydrogens is 641 g/mol. The van der Waals surface area contributed by atoms with Crippen molar-refractivity contribution >= 4 is 44.5 Å². The van der Waals surface area contributed by atoms with Gasteiger partial charge in [0.25, 0.3) is 0 Å². The summed E-state index contributed by atoms with van der Waals surface area (Å²) >= 11 is 0. The van der Waals surface area contributed by atoms with Crippen molar-refractivity contribution in [2.24, 2.45) is 5.11 Å². The molecule has 0 unspecified atom stereocenters. The van der Waals surface area contributed by atoms with E-state index in [9.17, 15) is 4.79 Å². The number of amides is 1. The van der Waals surface area contributed by atoms with Crippen molar-refractivity contribution in [2.75, 3.05) is 31.6 Å². The summed E-state index contributed by atoms with van der Waals surface area (Å²) in [6.07, 6.45) is 19.1. The van der Waals surface area contributed by atoms with Crippen LogP contribution in [0.4, 0.5) is 11.4 Å². The summed E-state index contributed by atoms with van der Waals surface area (Å²) < 4.78 is 2.33. The molecule has 266 valence electrons. The Kier molecular flexibility index (Phi) is 11.1. The summed E-state index contributed by atoms with van der Waals surface area (Å²) in [5, 5.41) is 11.6. The number of anilines is 1. The standard InChI is InChI=1S/C45H50N6O/c1-44(2)39(50(5)37-28-26-33-19-13-15-21-35(33)42(37)44)23-10-7-6-8-11-24-40-45(3,4)43-36-22-16-14-20-34(36)27-29-38(43)51(40)32-17-9-12-25-41(52)47-30-18-31-48-49-46/h6-8,10-11,13-16,19-24,26-29H,9,12,17-18,25,30-32H2,1-5H3/p+1. The minimum atomic E-state index is -0.173. The topological polar surface area (TPSA) is 84.1 Å². The maximum Gasteiger partial charge on any atom is 0.219 e. The molecule has 0 atom stereocenters. The molecule has 4 aromatic carbocycles. The SMILES string of the molecule is C[N+]1=C(C=CC=CC=CC=C2N(CCCCCC(=O)NCCCN=[N+]=[N-])c3ccc4ccccc4c3C2(C)C)C(C)(C)c2c1ccc1ccccc21. The second kappa shape index (κ2) is 15.9. The molecule has 1 N–H and O–H groups in total. The van der Waals surface area contributed by atoms with Crippen molar-refractivity contribution in [1.29, 1.82) is 0 Å². The Morgan fingerprint density at radius 1 is 0.808 bits per heavy atom. The minimum Gasteiger partial charge on any atom is -0.356 e. The molecule has 2 aliphatic rings. The highest BCUT2D eigenvalue weighted by Crippen LogP contribution is 2.51. The number of fused-ring (bicyclic) bond motifs is 6. The van der Waals surface area contributed by atoms with Gasteiger partial charge in [-0.05, 0) is 84.0 Å². The first-order valence-electron chi connectivity index (χ1n) is 18.6. The predicted molar refractivity (Wildman–Crippen MR) is 218 cm³/mol. The number of nitrogens with zero attached hydrogens (tertiary/aromatic N) is 5. The van der Waals surface area contributed by atoms with Crippen LogP contribution < -0.4 is 10.2 Å². The molecule has 2 heterocycles. The number of hydrogen-bond donors (Lipinski definition) is 1. The average Bonchev–Trinajstić information content (AvgIpc) is 3.48. The molecule has 52 heavy (non-hydrogen) atoms. The van der Waals surface area contributed by atoms with Gasteiger partial charge < -0.3 is 10.2 Å². The molecule has 0 spiro atoms. The van der Waals surface area contributed by atoms with Gasteiger partial charge >= 0.3 is 0 Å². The number of rotatable bonds is 14. The molecule has 1 amide bonds. The van der Waals surface area contributed by atoms with Crippen LogP contribution in [0.3, 0.4) is 0 Å². The lowest BCUT2D eigenvalue weighted by molar-refractivity contribution is -0.401. The van der Waals surface area contributed by atoms with Crippen molar-refractivity contribution in [1.82, 2.24) is 5.32 Å².